The van der Waals surface area contributed by atoms with E-state index in [2.05, 4.69) is 30.9 Å². The average molecular weight is 528 g/mol. The Labute approximate surface area is 217 Å². The molecule has 0 unspecified atom stereocenters. The summed E-state index contributed by atoms with van der Waals surface area (Å²) in [4.78, 5) is 5.99. The number of hydrogen-bond donors (Lipinski definition) is 4. The number of nitrogens with one attached hydrogen (secondary N) is 4. The number of thiocarbonyl (C=S) groups is 1. The fraction of sp³-hybridized carbons (Fsp3) is 0.120. The smallest absolute Gasteiger partial charge is 0.406 e. The highest BCUT2D eigenvalue weighted by molar-refractivity contribution is 7.80. The largest absolute Gasteiger partial charge is 0.573 e. The van der Waals surface area contributed by atoms with E-state index >= 15 is 0 Å². The Balaban J connectivity index is 1.47. The highest BCUT2D eigenvalue weighted by atomic mass is 32.1. The summed E-state index contributed by atoms with van der Waals surface area (Å²) in [5.41, 5.74) is 6.47. The number of alkyl halides is 3. The normalized spacial score (nSPS) is 11.4. The minimum atomic E-state index is -4.74. The lowest BCUT2D eigenvalue weighted by Gasteiger charge is -2.14. The van der Waals surface area contributed by atoms with Crippen molar-refractivity contribution in [2.45, 2.75) is 6.36 Å². The quantitative estimate of drug-likeness (QED) is 0.135. The van der Waals surface area contributed by atoms with Crippen molar-refractivity contribution < 1.29 is 17.9 Å². The molecule has 3 aromatic rings. The predicted octanol–water partition coefficient (Wildman–Crippen LogP) is 5.44. The first kappa shape index (κ1) is 27.1. The third-order valence-electron chi connectivity index (χ3n) is 4.70. The van der Waals surface area contributed by atoms with Gasteiger partial charge in [-0.05, 0) is 60.2 Å². The number of rotatable bonds is 8. The second-order valence-corrected chi connectivity index (χ2v) is 8.12. The first-order valence-electron chi connectivity index (χ1n) is 10.8. The van der Waals surface area contributed by atoms with E-state index in [0.29, 0.717) is 16.4 Å². The van der Waals surface area contributed by atoms with E-state index in [-0.39, 0.29) is 11.6 Å². The number of nitrogens with zero attached hydrogens (tertiary/aromatic N) is 3. The molecule has 12 heteroatoms. The lowest BCUT2D eigenvalue weighted by molar-refractivity contribution is -0.274. The highest BCUT2D eigenvalue weighted by Gasteiger charge is 2.30. The van der Waals surface area contributed by atoms with Gasteiger partial charge < -0.3 is 20.3 Å². The van der Waals surface area contributed by atoms with Crippen LogP contribution in [0.3, 0.4) is 0 Å². The van der Waals surface area contributed by atoms with Crippen LogP contribution in [0.2, 0.25) is 0 Å². The van der Waals surface area contributed by atoms with Gasteiger partial charge in [0.05, 0.1) is 12.6 Å². The molecule has 192 valence electrons. The third kappa shape index (κ3) is 9.26. The van der Waals surface area contributed by atoms with Crippen LogP contribution in [0.5, 0.6) is 5.75 Å². The van der Waals surface area contributed by atoms with Gasteiger partial charge in [0.15, 0.2) is 10.9 Å². The van der Waals surface area contributed by atoms with Crippen molar-refractivity contribution in [3.8, 4) is 5.75 Å². The molecule has 8 nitrogen and oxygen atoms in total. The predicted molar refractivity (Wildman–Crippen MR) is 146 cm³/mol. The molecule has 0 amide bonds. The Hall–Kier alpha value is -4.45. The van der Waals surface area contributed by atoms with Crippen LogP contribution in [0, 0.1) is 5.41 Å². The maximum atomic E-state index is 12.2. The molecule has 0 aliphatic heterocycles. The third-order valence-corrected chi connectivity index (χ3v) is 4.89. The van der Waals surface area contributed by atoms with E-state index < -0.39 is 6.36 Å². The molecule has 0 aromatic heterocycles. The van der Waals surface area contributed by atoms with Gasteiger partial charge in [-0.1, -0.05) is 30.3 Å². The van der Waals surface area contributed by atoms with E-state index in [9.17, 15) is 13.2 Å². The minimum Gasteiger partial charge on any atom is -0.406 e. The fourth-order valence-electron chi connectivity index (χ4n) is 2.91. The molecule has 0 radical (unpaired) electrons. The van der Waals surface area contributed by atoms with E-state index in [0.717, 1.165) is 16.9 Å². The summed E-state index contributed by atoms with van der Waals surface area (Å²) in [7, 11) is 3.91. The van der Waals surface area contributed by atoms with Crippen LogP contribution in [0.4, 0.5) is 30.2 Å². The molecule has 0 fully saturated rings. The Morgan fingerprint density at radius 2 is 1.70 bits per heavy atom. The molecule has 0 bridgehead atoms. The Bertz CT molecular complexity index is 1270. The second kappa shape index (κ2) is 12.5. The zero-order valence-electron chi connectivity index (χ0n) is 19.9. The second-order valence-electron chi connectivity index (χ2n) is 7.71. The van der Waals surface area contributed by atoms with Crippen molar-refractivity contribution >= 4 is 52.8 Å². The van der Waals surface area contributed by atoms with Gasteiger partial charge in [0.25, 0.3) is 0 Å². The average Bonchev–Trinajstić information content (AvgIpc) is 2.84. The minimum absolute atomic E-state index is 0.00327. The number of benzene rings is 3. The van der Waals surface area contributed by atoms with E-state index in [1.54, 1.807) is 30.5 Å². The van der Waals surface area contributed by atoms with Crippen LogP contribution >= 0.6 is 12.2 Å². The lowest BCUT2D eigenvalue weighted by atomic mass is 10.1. The number of halogens is 3. The van der Waals surface area contributed by atoms with Crippen LogP contribution in [-0.4, -0.2) is 44.0 Å². The summed E-state index contributed by atoms with van der Waals surface area (Å²) >= 11 is 5.27. The first-order chi connectivity index (χ1) is 17.6. The molecule has 3 rings (SSSR count). The monoisotopic (exact) mass is 527 g/mol. The SMILES string of the molecule is CN(C)c1cccc(NC(=S)N/N=C/c2ccc(C(=N)/N=C\Nc3ccc(OC(F)(F)F)cc3)cc2)c1. The zero-order valence-corrected chi connectivity index (χ0v) is 20.7. The lowest BCUT2D eigenvalue weighted by Crippen LogP contribution is -2.24. The van der Waals surface area contributed by atoms with E-state index in [4.69, 9.17) is 17.6 Å². The molecule has 0 aliphatic carbocycles. The number of aliphatic imine (C=N–C) groups is 1. The first-order valence-corrected chi connectivity index (χ1v) is 11.2. The molecule has 0 saturated carbocycles. The van der Waals surface area contributed by atoms with Gasteiger partial charge in [0.2, 0.25) is 0 Å². The van der Waals surface area contributed by atoms with Crippen LogP contribution in [0.15, 0.2) is 82.9 Å². The molecule has 4 N–H and O–H groups in total. The van der Waals surface area contributed by atoms with Crippen LogP contribution in [0.25, 0.3) is 0 Å². The molecule has 0 saturated heterocycles. The van der Waals surface area contributed by atoms with Gasteiger partial charge in [-0.3, -0.25) is 10.8 Å². The number of hydrazone groups is 1. The number of hydrogen-bond acceptors (Lipinski definition) is 5. The summed E-state index contributed by atoms with van der Waals surface area (Å²) in [5, 5.41) is 18.4. The molecular formula is C25H24F3N7OS. The highest BCUT2D eigenvalue weighted by Crippen LogP contribution is 2.23. The van der Waals surface area contributed by atoms with Gasteiger partial charge in [0.1, 0.15) is 5.75 Å². The Kier molecular flexibility index (Phi) is 9.16. The van der Waals surface area contributed by atoms with Crippen molar-refractivity contribution in [2.75, 3.05) is 29.6 Å². The molecule has 0 atom stereocenters. The van der Waals surface area contributed by atoms with Gasteiger partial charge in [-0.15, -0.1) is 13.2 Å². The summed E-state index contributed by atoms with van der Waals surface area (Å²) < 4.78 is 40.5. The Morgan fingerprint density at radius 3 is 2.35 bits per heavy atom. The maximum absolute atomic E-state index is 12.2. The topological polar surface area (TPSA) is 97.1 Å². The maximum Gasteiger partial charge on any atom is 0.573 e. The van der Waals surface area contributed by atoms with Crippen molar-refractivity contribution in [1.82, 2.24) is 5.43 Å². The number of amidine groups is 1. The summed E-state index contributed by atoms with van der Waals surface area (Å²) in [6, 6.07) is 19.9. The van der Waals surface area contributed by atoms with Crippen LogP contribution in [0.1, 0.15) is 11.1 Å². The summed E-state index contributed by atoms with van der Waals surface area (Å²) in [6.45, 7) is 0. The molecule has 0 heterocycles. The number of anilines is 3. The van der Waals surface area contributed by atoms with Crippen molar-refractivity contribution in [3.05, 3.63) is 83.9 Å². The number of ether oxygens (including phenoxy) is 1. The standard InChI is InChI=1S/C25H24F3N7OS/c1-35(2)21-5-3-4-20(14-21)33-24(37)34-32-15-17-6-8-18(9-7-17)23(29)31-16-30-19-10-12-22(13-11-19)36-25(26,27)28/h3-16H,1-2H3,(H2,29,30,31)(H2,33,34,37)/b32-15+. The summed E-state index contributed by atoms with van der Waals surface area (Å²) in [5.74, 6) is -0.328. The zero-order chi connectivity index (χ0) is 26.8. The van der Waals surface area contributed by atoms with Gasteiger partial charge in [0, 0.05) is 36.7 Å². The van der Waals surface area contributed by atoms with Gasteiger partial charge >= 0.3 is 6.36 Å². The summed E-state index contributed by atoms with van der Waals surface area (Å²) in [6.07, 6.45) is -1.87. The van der Waals surface area contributed by atoms with Crippen LogP contribution < -0.4 is 25.7 Å². The van der Waals surface area contributed by atoms with Gasteiger partial charge in [-0.2, -0.15) is 5.10 Å². The molecule has 3 aromatic carbocycles. The Morgan fingerprint density at radius 1 is 1.00 bits per heavy atom. The molecule has 0 aliphatic rings. The molecule has 37 heavy (non-hydrogen) atoms. The van der Waals surface area contributed by atoms with Crippen molar-refractivity contribution in [1.29, 1.82) is 5.41 Å². The molecular weight excluding hydrogens is 503 g/mol. The molecule has 0 spiro atoms. The van der Waals surface area contributed by atoms with Crippen molar-refractivity contribution in [3.63, 3.8) is 0 Å². The van der Waals surface area contributed by atoms with E-state index in [1.165, 1.54) is 30.6 Å². The van der Waals surface area contributed by atoms with Crippen LogP contribution in [-0.2, 0) is 0 Å². The van der Waals surface area contributed by atoms with Gasteiger partial charge in [-0.25, -0.2) is 4.99 Å². The van der Waals surface area contributed by atoms with E-state index in [1.807, 2.05) is 43.3 Å². The van der Waals surface area contributed by atoms with Crippen molar-refractivity contribution in [2.24, 2.45) is 10.1 Å². The fourth-order valence-corrected chi connectivity index (χ4v) is 3.08.